The number of unbranched alkanes of at least 4 members (excludes halogenated alkanes) is 3. The van der Waals surface area contributed by atoms with E-state index in [-0.39, 0.29) is 11.5 Å². The summed E-state index contributed by atoms with van der Waals surface area (Å²) in [6, 6.07) is 9.31. The van der Waals surface area contributed by atoms with Crippen molar-refractivity contribution in [2.24, 2.45) is 0 Å². The van der Waals surface area contributed by atoms with Gasteiger partial charge in [-0.15, -0.1) is 0 Å². The Morgan fingerprint density at radius 3 is 2.24 bits per heavy atom. The third-order valence-corrected chi connectivity index (χ3v) is 4.82. The van der Waals surface area contributed by atoms with E-state index in [0.29, 0.717) is 30.7 Å². The van der Waals surface area contributed by atoms with Crippen LogP contribution in [0.3, 0.4) is 0 Å². The summed E-state index contributed by atoms with van der Waals surface area (Å²) in [5.41, 5.74) is -2.60. The average molecular weight is 411 g/mol. The maximum absolute atomic E-state index is 14.4. The number of hydrogen-bond donors (Lipinski definition) is 2. The third-order valence-electron chi connectivity index (χ3n) is 4.82. The van der Waals surface area contributed by atoms with Gasteiger partial charge in [0, 0.05) is 17.7 Å². The van der Waals surface area contributed by atoms with Gasteiger partial charge in [0.05, 0.1) is 0 Å². The smallest absolute Gasteiger partial charge is 0.376 e. The molecule has 0 aliphatic heterocycles. The van der Waals surface area contributed by atoms with Gasteiger partial charge >= 0.3 is 6.18 Å². The molecule has 2 rings (SSSR count). The quantitative estimate of drug-likeness (QED) is 0.403. The lowest BCUT2D eigenvalue weighted by molar-refractivity contribution is -0.258. The molecular weight excluding hydrogens is 386 g/mol. The van der Waals surface area contributed by atoms with E-state index in [1.807, 2.05) is 0 Å². The number of rotatable bonds is 8. The standard InChI is InChI=1S/C22H25F4NO2/c1-3-4-5-6-7-20(28)27-17-11-8-15(9-12-17)18-13-10-16(14-19(18)23)21(2,29)22(24,25)26/h8-14,29H,3-7H2,1-2H3,(H,27,28). The van der Waals surface area contributed by atoms with Gasteiger partial charge < -0.3 is 10.4 Å². The summed E-state index contributed by atoms with van der Waals surface area (Å²) in [6.07, 6.45) is -0.496. The highest BCUT2D eigenvalue weighted by Crippen LogP contribution is 2.39. The lowest BCUT2D eigenvalue weighted by Gasteiger charge is -2.27. The van der Waals surface area contributed by atoms with E-state index in [4.69, 9.17) is 0 Å². The van der Waals surface area contributed by atoms with Crippen molar-refractivity contribution in [1.82, 2.24) is 0 Å². The van der Waals surface area contributed by atoms with E-state index in [1.54, 1.807) is 24.3 Å². The first-order chi connectivity index (χ1) is 13.6. The Labute approximate surface area is 167 Å². The van der Waals surface area contributed by atoms with Crippen LogP contribution in [0.25, 0.3) is 11.1 Å². The Kier molecular flexibility index (Phi) is 7.41. The fourth-order valence-corrected chi connectivity index (χ4v) is 2.88. The Balaban J connectivity index is 2.09. The minimum Gasteiger partial charge on any atom is -0.376 e. The molecule has 3 nitrogen and oxygen atoms in total. The van der Waals surface area contributed by atoms with Crippen molar-refractivity contribution in [3.63, 3.8) is 0 Å². The molecule has 2 N–H and O–H groups in total. The summed E-state index contributed by atoms with van der Waals surface area (Å²) in [5, 5.41) is 12.5. The van der Waals surface area contributed by atoms with Crippen molar-refractivity contribution in [2.75, 3.05) is 5.32 Å². The van der Waals surface area contributed by atoms with Crippen LogP contribution in [-0.2, 0) is 10.4 Å². The molecule has 29 heavy (non-hydrogen) atoms. The molecule has 0 bridgehead atoms. The highest BCUT2D eigenvalue weighted by atomic mass is 19.4. The summed E-state index contributed by atoms with van der Waals surface area (Å²) in [4.78, 5) is 11.9. The summed E-state index contributed by atoms with van der Waals surface area (Å²) in [5.74, 6) is -0.974. The topological polar surface area (TPSA) is 49.3 Å². The fourth-order valence-electron chi connectivity index (χ4n) is 2.88. The second-order valence-electron chi connectivity index (χ2n) is 7.20. The normalized spacial score (nSPS) is 13.8. The zero-order valence-electron chi connectivity index (χ0n) is 16.4. The van der Waals surface area contributed by atoms with Crippen molar-refractivity contribution < 1.29 is 27.5 Å². The molecular formula is C22H25F4NO2. The number of nitrogens with one attached hydrogen (secondary N) is 1. The van der Waals surface area contributed by atoms with Gasteiger partial charge in [0.15, 0.2) is 5.60 Å². The average Bonchev–Trinajstić information content (AvgIpc) is 2.65. The first-order valence-corrected chi connectivity index (χ1v) is 9.55. The molecule has 0 radical (unpaired) electrons. The molecule has 2 aromatic rings. The van der Waals surface area contributed by atoms with Gasteiger partial charge in [-0.2, -0.15) is 13.2 Å². The van der Waals surface area contributed by atoms with Crippen molar-refractivity contribution in [3.8, 4) is 11.1 Å². The number of carbonyl (C=O) groups is 1. The highest BCUT2D eigenvalue weighted by Gasteiger charge is 2.51. The van der Waals surface area contributed by atoms with Crippen molar-refractivity contribution >= 4 is 11.6 Å². The minimum absolute atomic E-state index is 0.0984. The fraction of sp³-hybridized carbons (Fsp3) is 0.409. The van der Waals surface area contributed by atoms with E-state index in [2.05, 4.69) is 12.2 Å². The molecule has 1 unspecified atom stereocenters. The van der Waals surface area contributed by atoms with Crippen LogP contribution in [0, 0.1) is 5.82 Å². The van der Waals surface area contributed by atoms with E-state index < -0.39 is 23.2 Å². The molecule has 0 fully saturated rings. The van der Waals surface area contributed by atoms with Gasteiger partial charge in [-0.25, -0.2) is 4.39 Å². The van der Waals surface area contributed by atoms with Crippen LogP contribution in [-0.4, -0.2) is 17.2 Å². The maximum atomic E-state index is 14.4. The number of hydrogen-bond acceptors (Lipinski definition) is 2. The second kappa shape index (κ2) is 9.39. The monoisotopic (exact) mass is 411 g/mol. The molecule has 1 atom stereocenters. The van der Waals surface area contributed by atoms with Crippen LogP contribution < -0.4 is 5.32 Å². The lowest BCUT2D eigenvalue weighted by Crippen LogP contribution is -2.39. The Hall–Kier alpha value is -2.41. The van der Waals surface area contributed by atoms with Gasteiger partial charge in [0.1, 0.15) is 5.82 Å². The first kappa shape index (κ1) is 22.9. The van der Waals surface area contributed by atoms with Crippen molar-refractivity contribution in [1.29, 1.82) is 0 Å². The zero-order valence-corrected chi connectivity index (χ0v) is 16.4. The van der Waals surface area contributed by atoms with Gasteiger partial charge in [-0.05, 0) is 42.7 Å². The SMILES string of the molecule is CCCCCCC(=O)Nc1ccc(-c2ccc(C(C)(O)C(F)(F)F)cc2F)cc1. The van der Waals surface area contributed by atoms with Crippen LogP contribution in [0.1, 0.15) is 51.5 Å². The number of amides is 1. The van der Waals surface area contributed by atoms with E-state index in [1.165, 1.54) is 6.07 Å². The molecule has 0 spiro atoms. The van der Waals surface area contributed by atoms with E-state index in [0.717, 1.165) is 31.7 Å². The van der Waals surface area contributed by atoms with Gasteiger partial charge in [-0.3, -0.25) is 4.79 Å². The Bertz CT molecular complexity index is 830. The van der Waals surface area contributed by atoms with Crippen LogP contribution in [0.2, 0.25) is 0 Å². The molecule has 0 aliphatic carbocycles. The predicted molar refractivity (Wildman–Crippen MR) is 105 cm³/mol. The van der Waals surface area contributed by atoms with Gasteiger partial charge in [0.2, 0.25) is 5.91 Å². The van der Waals surface area contributed by atoms with Gasteiger partial charge in [-0.1, -0.05) is 50.5 Å². The third kappa shape index (κ3) is 5.79. The molecule has 0 saturated heterocycles. The molecule has 2 aromatic carbocycles. The number of halogens is 4. The largest absolute Gasteiger partial charge is 0.421 e. The number of aliphatic hydroxyl groups is 1. The molecule has 0 saturated carbocycles. The molecule has 0 aliphatic rings. The summed E-state index contributed by atoms with van der Waals surface area (Å²) in [7, 11) is 0. The van der Waals surface area contributed by atoms with Crippen LogP contribution >= 0.6 is 0 Å². The molecule has 7 heteroatoms. The minimum atomic E-state index is -4.92. The Morgan fingerprint density at radius 2 is 1.69 bits per heavy atom. The number of alkyl halides is 3. The maximum Gasteiger partial charge on any atom is 0.421 e. The summed E-state index contributed by atoms with van der Waals surface area (Å²) >= 11 is 0. The molecule has 0 aromatic heterocycles. The van der Waals surface area contributed by atoms with Crippen molar-refractivity contribution in [3.05, 3.63) is 53.8 Å². The second-order valence-corrected chi connectivity index (χ2v) is 7.20. The van der Waals surface area contributed by atoms with Crippen LogP contribution in [0.5, 0.6) is 0 Å². The van der Waals surface area contributed by atoms with E-state index in [9.17, 15) is 27.5 Å². The lowest BCUT2D eigenvalue weighted by atomic mass is 9.93. The predicted octanol–water partition coefficient (Wildman–Crippen LogP) is 6.17. The van der Waals surface area contributed by atoms with Gasteiger partial charge in [0.25, 0.3) is 0 Å². The van der Waals surface area contributed by atoms with Crippen LogP contribution in [0.15, 0.2) is 42.5 Å². The highest BCUT2D eigenvalue weighted by molar-refractivity contribution is 5.91. The number of carbonyl (C=O) groups excluding carboxylic acids is 1. The summed E-state index contributed by atoms with van der Waals surface area (Å²) < 4.78 is 53.2. The first-order valence-electron chi connectivity index (χ1n) is 9.55. The summed E-state index contributed by atoms with van der Waals surface area (Å²) in [6.45, 7) is 2.68. The number of benzene rings is 2. The Morgan fingerprint density at radius 1 is 1.03 bits per heavy atom. The molecule has 158 valence electrons. The molecule has 1 amide bonds. The van der Waals surface area contributed by atoms with Crippen LogP contribution in [0.4, 0.5) is 23.2 Å². The van der Waals surface area contributed by atoms with Crippen molar-refractivity contribution in [2.45, 2.75) is 57.7 Å². The molecule has 0 heterocycles. The number of anilines is 1. The van der Waals surface area contributed by atoms with E-state index >= 15 is 0 Å². The zero-order chi connectivity index (χ0) is 21.7.